The van der Waals surface area contributed by atoms with Crippen molar-refractivity contribution >= 4 is 34.5 Å². The van der Waals surface area contributed by atoms with Gasteiger partial charge in [-0.1, -0.05) is 48.0 Å². The minimum Gasteiger partial charge on any atom is -0.375 e. The molecule has 6 nitrogen and oxygen atoms in total. The van der Waals surface area contributed by atoms with Crippen molar-refractivity contribution in [2.45, 2.75) is 0 Å². The molecule has 1 amide bonds. The zero-order valence-corrected chi connectivity index (χ0v) is 16.2. The van der Waals surface area contributed by atoms with Crippen LogP contribution in [0.2, 0.25) is 5.02 Å². The van der Waals surface area contributed by atoms with Gasteiger partial charge < -0.3 is 10.2 Å². The Bertz CT molecular complexity index is 1150. The smallest absolute Gasteiger partial charge is 0.261 e. The fraction of sp³-hybridized carbons (Fsp3) is 0.0952. The standard InChI is InChI=1S/C21H18ClN5O/c1-26(2)19-16(22)9-6-10-17(19)25-21(28)15-13-24-27-18(11-12-23-20(15)27)14-7-4-3-5-8-14/h3-13H,1-2H3,(H,25,28). The third-order valence-corrected chi connectivity index (χ3v) is 4.70. The molecular weight excluding hydrogens is 374 g/mol. The maximum Gasteiger partial charge on any atom is 0.261 e. The fourth-order valence-corrected chi connectivity index (χ4v) is 3.48. The summed E-state index contributed by atoms with van der Waals surface area (Å²) in [5.74, 6) is -0.293. The number of para-hydroxylation sites is 1. The van der Waals surface area contributed by atoms with E-state index in [-0.39, 0.29) is 5.91 Å². The van der Waals surface area contributed by atoms with Crippen LogP contribution in [0, 0.1) is 0 Å². The highest BCUT2D eigenvalue weighted by Gasteiger charge is 2.18. The van der Waals surface area contributed by atoms with Crippen LogP contribution < -0.4 is 10.2 Å². The molecule has 0 saturated carbocycles. The lowest BCUT2D eigenvalue weighted by Gasteiger charge is -2.19. The number of halogens is 1. The van der Waals surface area contributed by atoms with E-state index in [9.17, 15) is 4.79 Å². The van der Waals surface area contributed by atoms with E-state index < -0.39 is 0 Å². The van der Waals surface area contributed by atoms with Gasteiger partial charge in [-0.2, -0.15) is 5.10 Å². The van der Waals surface area contributed by atoms with Crippen molar-refractivity contribution in [1.82, 2.24) is 14.6 Å². The van der Waals surface area contributed by atoms with Gasteiger partial charge in [-0.25, -0.2) is 9.50 Å². The highest BCUT2D eigenvalue weighted by atomic mass is 35.5. The third-order valence-electron chi connectivity index (χ3n) is 4.40. The van der Waals surface area contributed by atoms with Gasteiger partial charge in [-0.15, -0.1) is 0 Å². The van der Waals surface area contributed by atoms with Gasteiger partial charge in [0.25, 0.3) is 5.91 Å². The molecule has 0 spiro atoms. The van der Waals surface area contributed by atoms with Crippen LogP contribution in [-0.4, -0.2) is 34.6 Å². The summed E-state index contributed by atoms with van der Waals surface area (Å²) in [5, 5.41) is 7.88. The normalized spacial score (nSPS) is 10.8. The lowest BCUT2D eigenvalue weighted by Crippen LogP contribution is -2.17. The second-order valence-corrected chi connectivity index (χ2v) is 6.88. The van der Waals surface area contributed by atoms with Gasteiger partial charge in [-0.05, 0) is 18.2 Å². The second kappa shape index (κ2) is 7.32. The van der Waals surface area contributed by atoms with Gasteiger partial charge in [0.15, 0.2) is 5.65 Å². The molecule has 0 aliphatic carbocycles. The molecule has 2 aromatic carbocycles. The average molecular weight is 392 g/mol. The van der Waals surface area contributed by atoms with Crippen molar-refractivity contribution in [3.63, 3.8) is 0 Å². The van der Waals surface area contributed by atoms with Crippen LogP contribution in [0.4, 0.5) is 11.4 Å². The highest BCUT2D eigenvalue weighted by molar-refractivity contribution is 6.34. The summed E-state index contributed by atoms with van der Waals surface area (Å²) in [6.45, 7) is 0. The summed E-state index contributed by atoms with van der Waals surface area (Å²) in [6.07, 6.45) is 3.21. The highest BCUT2D eigenvalue weighted by Crippen LogP contribution is 2.33. The Morgan fingerprint density at radius 1 is 1.07 bits per heavy atom. The Morgan fingerprint density at radius 2 is 1.86 bits per heavy atom. The summed E-state index contributed by atoms with van der Waals surface area (Å²) < 4.78 is 1.68. The number of amides is 1. The second-order valence-electron chi connectivity index (χ2n) is 6.47. The number of nitrogens with one attached hydrogen (secondary N) is 1. The van der Waals surface area contributed by atoms with Crippen molar-refractivity contribution in [1.29, 1.82) is 0 Å². The van der Waals surface area contributed by atoms with Crippen molar-refractivity contribution in [2.24, 2.45) is 0 Å². The number of hydrogen-bond donors (Lipinski definition) is 1. The van der Waals surface area contributed by atoms with Crippen LogP contribution in [0.5, 0.6) is 0 Å². The van der Waals surface area contributed by atoms with E-state index in [0.29, 0.717) is 21.9 Å². The number of fused-ring (bicyclic) bond motifs is 1. The Balaban J connectivity index is 1.73. The van der Waals surface area contributed by atoms with E-state index in [1.807, 2.05) is 61.5 Å². The summed E-state index contributed by atoms with van der Waals surface area (Å²) in [5.41, 5.74) is 4.11. The SMILES string of the molecule is CN(C)c1c(Cl)cccc1NC(=O)c1cnn2c(-c3ccccc3)ccnc12. The van der Waals surface area contributed by atoms with Crippen LogP contribution in [0.25, 0.3) is 16.9 Å². The first-order chi connectivity index (χ1) is 13.6. The number of carbonyl (C=O) groups excluding carboxylic acids is 1. The van der Waals surface area contributed by atoms with E-state index >= 15 is 0 Å². The molecule has 0 bridgehead atoms. The first-order valence-electron chi connectivity index (χ1n) is 8.71. The molecule has 28 heavy (non-hydrogen) atoms. The maximum atomic E-state index is 13.0. The van der Waals surface area contributed by atoms with Crippen LogP contribution in [0.3, 0.4) is 0 Å². The Kier molecular flexibility index (Phi) is 4.71. The molecule has 0 aliphatic rings. The topological polar surface area (TPSA) is 62.5 Å². The third kappa shape index (κ3) is 3.18. The summed E-state index contributed by atoms with van der Waals surface area (Å²) in [7, 11) is 3.75. The van der Waals surface area contributed by atoms with Gasteiger partial charge in [0.1, 0.15) is 5.56 Å². The van der Waals surface area contributed by atoms with Crippen molar-refractivity contribution < 1.29 is 4.79 Å². The molecular formula is C21H18ClN5O. The van der Waals surface area contributed by atoms with Gasteiger partial charge >= 0.3 is 0 Å². The number of rotatable bonds is 4. The first-order valence-corrected chi connectivity index (χ1v) is 9.09. The largest absolute Gasteiger partial charge is 0.375 e. The summed E-state index contributed by atoms with van der Waals surface area (Å²) >= 11 is 6.29. The molecule has 0 aliphatic heterocycles. The molecule has 0 fully saturated rings. The van der Waals surface area contributed by atoms with Crippen LogP contribution in [-0.2, 0) is 0 Å². The van der Waals surface area contributed by atoms with E-state index in [1.165, 1.54) is 6.20 Å². The van der Waals surface area contributed by atoms with Gasteiger partial charge in [0.05, 0.1) is 28.3 Å². The first kappa shape index (κ1) is 18.0. The van der Waals surface area contributed by atoms with E-state index in [4.69, 9.17) is 11.6 Å². The molecule has 4 aromatic rings. The Morgan fingerprint density at radius 3 is 2.61 bits per heavy atom. The quantitative estimate of drug-likeness (QED) is 0.561. The maximum absolute atomic E-state index is 13.0. The number of nitrogens with zero attached hydrogens (tertiary/aromatic N) is 4. The predicted octanol–water partition coefficient (Wildman–Crippen LogP) is 4.37. The monoisotopic (exact) mass is 391 g/mol. The van der Waals surface area contributed by atoms with Crippen LogP contribution >= 0.6 is 11.6 Å². The van der Waals surface area contributed by atoms with E-state index in [0.717, 1.165) is 16.9 Å². The van der Waals surface area contributed by atoms with Crippen molar-refractivity contribution in [3.05, 3.63) is 77.6 Å². The minimum absolute atomic E-state index is 0.293. The lowest BCUT2D eigenvalue weighted by atomic mass is 10.1. The molecule has 0 unspecified atom stereocenters. The van der Waals surface area contributed by atoms with Crippen LogP contribution in [0.15, 0.2) is 67.0 Å². The zero-order chi connectivity index (χ0) is 19.7. The van der Waals surface area contributed by atoms with Gasteiger partial charge in [0, 0.05) is 25.9 Å². The van der Waals surface area contributed by atoms with E-state index in [1.54, 1.807) is 22.8 Å². The zero-order valence-electron chi connectivity index (χ0n) is 15.4. The number of hydrogen-bond acceptors (Lipinski definition) is 4. The summed E-state index contributed by atoms with van der Waals surface area (Å²) in [4.78, 5) is 19.2. The predicted molar refractivity (Wildman–Crippen MR) is 112 cm³/mol. The van der Waals surface area contributed by atoms with Crippen molar-refractivity contribution in [3.8, 4) is 11.3 Å². The van der Waals surface area contributed by atoms with Crippen LogP contribution in [0.1, 0.15) is 10.4 Å². The minimum atomic E-state index is -0.293. The molecule has 7 heteroatoms. The number of benzene rings is 2. The molecule has 2 aromatic heterocycles. The molecule has 0 radical (unpaired) electrons. The number of carbonyl (C=O) groups is 1. The number of aromatic nitrogens is 3. The average Bonchev–Trinajstić information content (AvgIpc) is 3.12. The molecule has 140 valence electrons. The number of anilines is 2. The molecule has 0 atom stereocenters. The van der Waals surface area contributed by atoms with Crippen molar-refractivity contribution in [2.75, 3.05) is 24.3 Å². The van der Waals surface area contributed by atoms with E-state index in [2.05, 4.69) is 15.4 Å². The summed E-state index contributed by atoms with van der Waals surface area (Å²) in [6, 6.07) is 17.1. The molecule has 4 rings (SSSR count). The Hall–Kier alpha value is -3.38. The molecule has 2 heterocycles. The fourth-order valence-electron chi connectivity index (χ4n) is 3.14. The molecule has 0 saturated heterocycles. The Labute approximate surface area is 167 Å². The lowest BCUT2D eigenvalue weighted by molar-refractivity contribution is 0.102. The molecule has 1 N–H and O–H groups in total. The van der Waals surface area contributed by atoms with Gasteiger partial charge in [0.2, 0.25) is 0 Å². The van der Waals surface area contributed by atoms with Gasteiger partial charge in [-0.3, -0.25) is 4.79 Å².